The van der Waals surface area contributed by atoms with Gasteiger partial charge in [0.1, 0.15) is 0 Å². The van der Waals surface area contributed by atoms with Gasteiger partial charge >= 0.3 is 39.3 Å². The minimum absolute atomic E-state index is 1.09. The van der Waals surface area contributed by atoms with Gasteiger partial charge < -0.3 is 21.3 Å². The van der Waals surface area contributed by atoms with Gasteiger partial charge in [-0.1, -0.05) is 0 Å². The molecular weight excluding hydrogens is 395 g/mol. The summed E-state index contributed by atoms with van der Waals surface area (Å²) in [6.07, 6.45) is 2.44. The van der Waals surface area contributed by atoms with Crippen LogP contribution in [0.2, 0.25) is 0 Å². The van der Waals surface area contributed by atoms with Crippen molar-refractivity contribution in [2.45, 2.75) is 12.8 Å². The number of hydrogen-bond acceptors (Lipinski definition) is 4. The van der Waals surface area contributed by atoms with E-state index >= 15 is 0 Å². The van der Waals surface area contributed by atoms with E-state index in [4.69, 9.17) is 0 Å². The van der Waals surface area contributed by atoms with E-state index in [1.165, 1.54) is 23.7 Å². The Bertz CT molecular complexity index is 90.2. The Morgan fingerprint density at radius 1 is 0.529 bits per heavy atom. The Hall–Kier alpha value is 1.29. The number of halogens is 2. The van der Waals surface area contributed by atoms with Crippen LogP contribution in [0.3, 0.4) is 0 Å². The first-order valence-electron chi connectivity index (χ1n) is 6.07. The zero-order valence-electron chi connectivity index (χ0n) is 10.1. The van der Waals surface area contributed by atoms with Crippen molar-refractivity contribution in [3.05, 3.63) is 0 Å². The van der Waals surface area contributed by atoms with Gasteiger partial charge in [-0.25, -0.2) is 0 Å². The van der Waals surface area contributed by atoms with Crippen LogP contribution in [0.1, 0.15) is 12.8 Å². The van der Waals surface area contributed by atoms with Gasteiger partial charge in [0, 0.05) is 26.2 Å². The molecule has 1 fully saturated rings. The average Bonchev–Trinajstić information content (AvgIpc) is 2.33. The van der Waals surface area contributed by atoms with Crippen LogP contribution in [0.5, 0.6) is 0 Å². The SMILES string of the molecule is C1CNCCNCCCNCCNC1.[Br][Ni][Br]. The number of nitrogens with one attached hydrogen (secondary N) is 4. The molecule has 0 amide bonds. The summed E-state index contributed by atoms with van der Waals surface area (Å²) in [4.78, 5) is 0. The molecule has 0 atom stereocenters. The molecule has 0 aromatic heterocycles. The summed E-state index contributed by atoms with van der Waals surface area (Å²) in [6.45, 7) is 8.87. The van der Waals surface area contributed by atoms with Crippen LogP contribution in [0.25, 0.3) is 0 Å². The van der Waals surface area contributed by atoms with Gasteiger partial charge in [0.2, 0.25) is 0 Å². The molecule has 1 aliphatic rings. The standard InChI is InChI=1S/C10H24N4.2BrH.Ni/c1-3-11-7-9-13-5-2-6-14-10-8-12-4-1;;;/h11-14H,1-10H2;2*1H;/q;;;+2/p-2. The fourth-order valence-corrected chi connectivity index (χ4v) is 1.53. The molecule has 0 aromatic rings. The van der Waals surface area contributed by atoms with Crippen molar-refractivity contribution in [1.82, 2.24) is 21.3 Å². The molecule has 0 unspecified atom stereocenters. The maximum absolute atomic E-state index is 3.42. The minimum atomic E-state index is 1.09. The van der Waals surface area contributed by atoms with Crippen LogP contribution in [0.4, 0.5) is 0 Å². The number of hydrogen-bond donors (Lipinski definition) is 4. The van der Waals surface area contributed by atoms with Crippen LogP contribution in [-0.2, 0) is 10.9 Å². The van der Waals surface area contributed by atoms with Gasteiger partial charge in [-0.15, -0.1) is 0 Å². The Kier molecular flexibility index (Phi) is 18.6. The zero-order valence-corrected chi connectivity index (χ0v) is 14.3. The second-order valence-electron chi connectivity index (χ2n) is 3.75. The van der Waals surface area contributed by atoms with Crippen LogP contribution >= 0.6 is 28.5 Å². The fraction of sp³-hybridized carbons (Fsp3) is 1.00. The van der Waals surface area contributed by atoms with Crippen molar-refractivity contribution >= 4 is 28.5 Å². The Morgan fingerprint density at radius 2 is 0.765 bits per heavy atom. The van der Waals surface area contributed by atoms with E-state index in [-0.39, 0.29) is 0 Å². The van der Waals surface area contributed by atoms with Crippen molar-refractivity contribution in [3.63, 3.8) is 0 Å². The first-order valence-corrected chi connectivity index (χ1v) is 10.9. The third kappa shape index (κ3) is 17.3. The summed E-state index contributed by atoms with van der Waals surface area (Å²) in [7, 11) is 1.25. The quantitative estimate of drug-likeness (QED) is 0.440. The monoisotopic (exact) mass is 416 g/mol. The Labute approximate surface area is 125 Å². The molecule has 0 radical (unpaired) electrons. The molecule has 0 spiro atoms. The fourth-order valence-electron chi connectivity index (χ4n) is 1.53. The molecule has 7 heteroatoms. The van der Waals surface area contributed by atoms with Crippen LogP contribution in [0, 0.1) is 0 Å². The number of rotatable bonds is 0. The summed E-state index contributed by atoms with van der Waals surface area (Å²) < 4.78 is 0. The topological polar surface area (TPSA) is 48.1 Å². The van der Waals surface area contributed by atoms with Gasteiger partial charge in [0.15, 0.2) is 0 Å². The predicted molar refractivity (Wildman–Crippen MR) is 78.6 cm³/mol. The molecule has 0 aromatic carbocycles. The van der Waals surface area contributed by atoms with Crippen molar-refractivity contribution in [2.24, 2.45) is 0 Å². The maximum atomic E-state index is 3.42. The van der Waals surface area contributed by atoms with Gasteiger partial charge in [0.25, 0.3) is 0 Å². The summed E-state index contributed by atoms with van der Waals surface area (Å²) >= 11 is 6.00. The van der Waals surface area contributed by atoms with E-state index in [1.54, 1.807) is 0 Å². The summed E-state index contributed by atoms with van der Waals surface area (Å²) in [6, 6.07) is 0. The van der Waals surface area contributed by atoms with E-state index in [0.717, 1.165) is 52.4 Å². The van der Waals surface area contributed by atoms with E-state index in [0.29, 0.717) is 0 Å². The van der Waals surface area contributed by atoms with E-state index in [2.05, 4.69) is 49.7 Å². The molecule has 0 saturated carbocycles. The third-order valence-corrected chi connectivity index (χ3v) is 2.37. The molecule has 4 nitrogen and oxygen atoms in total. The molecule has 4 N–H and O–H groups in total. The van der Waals surface area contributed by atoms with Crippen LogP contribution < -0.4 is 21.3 Å². The van der Waals surface area contributed by atoms with E-state index < -0.39 is 0 Å². The second kappa shape index (κ2) is 17.3. The molecule has 108 valence electrons. The molecule has 17 heavy (non-hydrogen) atoms. The molecule has 1 heterocycles. The van der Waals surface area contributed by atoms with E-state index in [1.807, 2.05) is 0 Å². The molecular formula is C10H24Br2N4Ni. The molecule has 1 aliphatic heterocycles. The van der Waals surface area contributed by atoms with Gasteiger partial charge in [-0.05, 0) is 39.0 Å². The first kappa shape index (κ1) is 18.3. The molecule has 1 saturated heterocycles. The first-order chi connectivity index (χ1) is 8.41. The average molecular weight is 419 g/mol. The molecule has 1 rings (SSSR count). The van der Waals surface area contributed by atoms with E-state index in [9.17, 15) is 0 Å². The Balaban J connectivity index is 0.000000770. The predicted octanol–water partition coefficient (Wildman–Crippen LogP) is 0.827. The van der Waals surface area contributed by atoms with Crippen LogP contribution in [-0.4, -0.2) is 52.4 Å². The van der Waals surface area contributed by atoms with Crippen LogP contribution in [0.15, 0.2) is 0 Å². The zero-order chi connectivity index (χ0) is 12.6. The van der Waals surface area contributed by atoms with Gasteiger partial charge in [-0.2, -0.15) is 0 Å². The van der Waals surface area contributed by atoms with Gasteiger partial charge in [-0.3, -0.25) is 0 Å². The van der Waals surface area contributed by atoms with Crippen molar-refractivity contribution in [1.29, 1.82) is 0 Å². The van der Waals surface area contributed by atoms with Crippen molar-refractivity contribution in [3.8, 4) is 0 Å². The summed E-state index contributed by atoms with van der Waals surface area (Å²) in [5.74, 6) is 0. The summed E-state index contributed by atoms with van der Waals surface area (Å²) in [5, 5.41) is 13.7. The molecule has 0 bridgehead atoms. The van der Waals surface area contributed by atoms with Crippen molar-refractivity contribution in [2.75, 3.05) is 52.4 Å². The molecule has 0 aliphatic carbocycles. The third-order valence-electron chi connectivity index (χ3n) is 2.37. The Morgan fingerprint density at radius 3 is 1.00 bits per heavy atom. The normalized spacial score (nSPS) is 21.1. The van der Waals surface area contributed by atoms with Crippen molar-refractivity contribution < 1.29 is 10.9 Å². The van der Waals surface area contributed by atoms with Gasteiger partial charge in [0.05, 0.1) is 0 Å². The second-order valence-corrected chi connectivity index (χ2v) is 8.74. The summed E-state index contributed by atoms with van der Waals surface area (Å²) in [5.41, 5.74) is 0.